The Labute approximate surface area is 138 Å². The molecule has 0 saturated heterocycles. The van der Waals surface area contributed by atoms with Gasteiger partial charge in [-0.1, -0.05) is 60.7 Å². The summed E-state index contributed by atoms with van der Waals surface area (Å²) in [5.41, 5.74) is 9.75. The number of rotatable bonds is 6. The maximum Gasteiger partial charge on any atom is 0.199 e. The Balaban J connectivity index is 1.79. The lowest BCUT2D eigenvalue weighted by Crippen LogP contribution is -2.37. The van der Waals surface area contributed by atoms with Crippen molar-refractivity contribution < 1.29 is 4.57 Å². The van der Waals surface area contributed by atoms with Crippen molar-refractivity contribution in [1.29, 1.82) is 0 Å². The Kier molecular flexibility index (Phi) is 5.17. The van der Waals surface area contributed by atoms with Crippen molar-refractivity contribution >= 4 is 0 Å². The van der Waals surface area contributed by atoms with Crippen molar-refractivity contribution in [1.82, 2.24) is 0 Å². The van der Waals surface area contributed by atoms with E-state index in [-0.39, 0.29) is 0 Å². The number of nitrogens with zero attached hydrogens (tertiary/aromatic N) is 1. The van der Waals surface area contributed by atoms with Gasteiger partial charge in [-0.25, -0.2) is 0 Å². The number of hydrogen-bond acceptors (Lipinski definition) is 1. The second-order valence-electron chi connectivity index (χ2n) is 5.82. The molecule has 2 N–H and O–H groups in total. The van der Waals surface area contributed by atoms with E-state index in [4.69, 9.17) is 5.73 Å². The van der Waals surface area contributed by atoms with E-state index in [0.29, 0.717) is 12.6 Å². The van der Waals surface area contributed by atoms with Gasteiger partial charge in [0.2, 0.25) is 0 Å². The Morgan fingerprint density at radius 1 is 0.739 bits per heavy atom. The minimum absolute atomic E-state index is 0.430. The molecule has 0 amide bonds. The molecular formula is C21H23N2+. The summed E-state index contributed by atoms with van der Waals surface area (Å²) in [5, 5.41) is 0. The van der Waals surface area contributed by atoms with Gasteiger partial charge >= 0.3 is 0 Å². The second kappa shape index (κ2) is 7.70. The van der Waals surface area contributed by atoms with Crippen LogP contribution in [-0.2, 0) is 13.1 Å². The fourth-order valence-electron chi connectivity index (χ4n) is 2.98. The zero-order chi connectivity index (χ0) is 15.9. The van der Waals surface area contributed by atoms with E-state index in [9.17, 15) is 0 Å². The van der Waals surface area contributed by atoms with Crippen molar-refractivity contribution in [2.45, 2.75) is 25.4 Å². The molecule has 0 radical (unpaired) electrons. The van der Waals surface area contributed by atoms with Crippen LogP contribution in [0.3, 0.4) is 0 Å². The summed E-state index contributed by atoms with van der Waals surface area (Å²) in [7, 11) is 0. The van der Waals surface area contributed by atoms with Gasteiger partial charge in [0.15, 0.2) is 19.1 Å². The fraction of sp³-hybridized carbons (Fsp3) is 0.190. The van der Waals surface area contributed by atoms with Crippen LogP contribution in [0.4, 0.5) is 0 Å². The fourth-order valence-corrected chi connectivity index (χ4v) is 2.98. The highest BCUT2D eigenvalue weighted by Gasteiger charge is 2.14. The lowest BCUT2D eigenvalue weighted by Gasteiger charge is -2.18. The van der Waals surface area contributed by atoms with Gasteiger partial charge in [0, 0.05) is 18.1 Å². The molecule has 3 aromatic rings. The summed E-state index contributed by atoms with van der Waals surface area (Å²) < 4.78 is 1.98. The van der Waals surface area contributed by atoms with E-state index in [1.54, 1.807) is 0 Å². The summed E-state index contributed by atoms with van der Waals surface area (Å²) in [4.78, 5) is 0. The van der Waals surface area contributed by atoms with Gasteiger partial charge in [-0.2, -0.15) is 4.57 Å². The molecule has 3 rings (SSSR count). The lowest BCUT2D eigenvalue weighted by molar-refractivity contribution is -0.696. The number of hydrogen-bond donors (Lipinski definition) is 1. The molecule has 2 aromatic carbocycles. The normalized spacial score (nSPS) is 10.9. The van der Waals surface area contributed by atoms with Crippen LogP contribution in [-0.4, -0.2) is 0 Å². The van der Waals surface area contributed by atoms with Gasteiger partial charge in [0.05, 0.1) is 0 Å². The summed E-state index contributed by atoms with van der Waals surface area (Å²) >= 11 is 0. The summed E-state index contributed by atoms with van der Waals surface area (Å²) in [6, 6.07) is 25.9. The first kappa shape index (κ1) is 15.4. The minimum atomic E-state index is 0.430. The molecule has 1 heterocycles. The maximum absolute atomic E-state index is 5.64. The number of pyridine rings is 1. The number of aryl methyl sites for hydroxylation is 1. The van der Waals surface area contributed by atoms with Crippen molar-refractivity contribution in [2.75, 3.05) is 0 Å². The highest BCUT2D eigenvalue weighted by atomic mass is 15.0. The minimum Gasteiger partial charge on any atom is -0.275 e. The molecule has 0 bridgehead atoms. The quantitative estimate of drug-likeness (QED) is 0.692. The molecule has 0 saturated carbocycles. The summed E-state index contributed by atoms with van der Waals surface area (Å²) in [5.74, 6) is 0.430. The third kappa shape index (κ3) is 4.05. The summed E-state index contributed by atoms with van der Waals surface area (Å²) in [6.45, 7) is 0.525. The van der Waals surface area contributed by atoms with Crippen LogP contribution in [0.25, 0.3) is 0 Å². The topological polar surface area (TPSA) is 29.9 Å². The SMILES string of the molecule is NC[n+]1ccc(CCC(c2ccccc2)c2ccccc2)cc1. The Bertz CT molecular complexity index is 666. The zero-order valence-corrected chi connectivity index (χ0v) is 13.3. The molecule has 0 aliphatic heterocycles. The first-order valence-corrected chi connectivity index (χ1v) is 8.15. The van der Waals surface area contributed by atoms with Crippen LogP contribution < -0.4 is 10.3 Å². The van der Waals surface area contributed by atoms with E-state index >= 15 is 0 Å². The lowest BCUT2D eigenvalue weighted by atomic mass is 9.86. The van der Waals surface area contributed by atoms with E-state index in [2.05, 4.69) is 85.2 Å². The number of benzene rings is 2. The van der Waals surface area contributed by atoms with Gasteiger partial charge in [0.1, 0.15) is 0 Å². The first-order chi connectivity index (χ1) is 11.4. The Morgan fingerprint density at radius 2 is 1.26 bits per heavy atom. The van der Waals surface area contributed by atoms with Crippen molar-refractivity contribution in [2.24, 2.45) is 5.73 Å². The molecule has 0 aliphatic carbocycles. The van der Waals surface area contributed by atoms with E-state index in [1.165, 1.54) is 16.7 Å². The summed E-state index contributed by atoms with van der Waals surface area (Å²) in [6.07, 6.45) is 6.26. The average Bonchev–Trinajstić information content (AvgIpc) is 2.64. The van der Waals surface area contributed by atoms with Crippen molar-refractivity contribution in [3.05, 3.63) is 102 Å². The zero-order valence-electron chi connectivity index (χ0n) is 13.3. The van der Waals surface area contributed by atoms with Gasteiger partial charge in [-0.3, -0.25) is 5.73 Å². The molecule has 1 aromatic heterocycles. The predicted molar refractivity (Wildman–Crippen MR) is 93.9 cm³/mol. The molecule has 0 aliphatic rings. The van der Waals surface area contributed by atoms with Crippen LogP contribution in [0.1, 0.15) is 29.0 Å². The highest BCUT2D eigenvalue weighted by molar-refractivity contribution is 5.32. The van der Waals surface area contributed by atoms with E-state index < -0.39 is 0 Å². The molecule has 0 atom stereocenters. The third-order valence-corrected chi connectivity index (χ3v) is 4.30. The van der Waals surface area contributed by atoms with Crippen LogP contribution >= 0.6 is 0 Å². The van der Waals surface area contributed by atoms with Gasteiger partial charge < -0.3 is 0 Å². The molecule has 0 fully saturated rings. The van der Waals surface area contributed by atoms with Crippen molar-refractivity contribution in [3.8, 4) is 0 Å². The molecule has 2 heteroatoms. The van der Waals surface area contributed by atoms with Gasteiger partial charge in [-0.15, -0.1) is 0 Å². The monoisotopic (exact) mass is 303 g/mol. The molecule has 0 spiro atoms. The van der Waals surface area contributed by atoms with Crippen LogP contribution in [0, 0.1) is 0 Å². The Hall–Kier alpha value is -2.45. The molecule has 2 nitrogen and oxygen atoms in total. The largest absolute Gasteiger partial charge is 0.275 e. The maximum atomic E-state index is 5.64. The van der Waals surface area contributed by atoms with E-state index in [0.717, 1.165) is 12.8 Å². The smallest absolute Gasteiger partial charge is 0.199 e. The van der Waals surface area contributed by atoms with Crippen LogP contribution in [0.5, 0.6) is 0 Å². The van der Waals surface area contributed by atoms with Gasteiger partial charge in [-0.05, 0) is 29.5 Å². The van der Waals surface area contributed by atoms with E-state index in [1.807, 2.05) is 4.57 Å². The first-order valence-electron chi connectivity index (χ1n) is 8.15. The molecule has 23 heavy (non-hydrogen) atoms. The molecule has 116 valence electrons. The predicted octanol–water partition coefficient (Wildman–Crippen LogP) is 3.66. The molecule has 0 unspecified atom stereocenters. The van der Waals surface area contributed by atoms with Crippen molar-refractivity contribution in [3.63, 3.8) is 0 Å². The standard InChI is InChI=1S/C21H23N2/c22-17-23-15-13-18(14-16-23)11-12-21(19-7-3-1-4-8-19)20-9-5-2-6-10-20/h1-10,13-16,21H,11-12,17,22H2/q+1. The average molecular weight is 303 g/mol. The Morgan fingerprint density at radius 3 is 1.74 bits per heavy atom. The van der Waals surface area contributed by atoms with Crippen LogP contribution in [0.15, 0.2) is 85.2 Å². The third-order valence-electron chi connectivity index (χ3n) is 4.30. The molecular weight excluding hydrogens is 280 g/mol. The highest BCUT2D eigenvalue weighted by Crippen LogP contribution is 2.29. The van der Waals surface area contributed by atoms with Crippen LogP contribution in [0.2, 0.25) is 0 Å². The van der Waals surface area contributed by atoms with Gasteiger partial charge in [0.25, 0.3) is 0 Å². The number of aromatic nitrogens is 1. The second-order valence-corrected chi connectivity index (χ2v) is 5.82. The number of nitrogens with two attached hydrogens (primary N) is 1.